The monoisotopic (exact) mass is 531 g/mol. The number of nitrogens with two attached hydrogens (primary N) is 1. The first kappa shape index (κ1) is 25.2. The molecule has 1 amide bonds. The Morgan fingerprint density at radius 3 is 2.56 bits per heavy atom. The molecule has 1 fully saturated rings. The molecular weight excluding hydrogens is 508 g/mol. The third-order valence-electron chi connectivity index (χ3n) is 6.39. The van der Waals surface area contributed by atoms with Crippen LogP contribution >= 0.6 is 23.4 Å². The molecule has 0 aliphatic carbocycles. The van der Waals surface area contributed by atoms with Crippen LogP contribution in [0, 0.1) is 17.6 Å². The zero-order chi connectivity index (χ0) is 24.5. The number of benzene rings is 2. The van der Waals surface area contributed by atoms with Crippen LogP contribution in [-0.2, 0) is 24.1 Å². The second-order valence-corrected chi connectivity index (χ2v) is 12.1. The van der Waals surface area contributed by atoms with Gasteiger partial charge in [-0.2, -0.15) is 11.8 Å². The summed E-state index contributed by atoms with van der Waals surface area (Å²) in [4.78, 5) is 10.9. The quantitative estimate of drug-likeness (QED) is 0.516. The van der Waals surface area contributed by atoms with Gasteiger partial charge >= 0.3 is 0 Å². The summed E-state index contributed by atoms with van der Waals surface area (Å²) < 4.78 is 68.2. The van der Waals surface area contributed by atoms with Crippen molar-refractivity contribution >= 4 is 39.1 Å². The van der Waals surface area contributed by atoms with E-state index < -0.39 is 44.1 Å². The number of ether oxygens (including phenoxy) is 2. The molecule has 0 aromatic heterocycles. The molecule has 1 saturated heterocycles. The van der Waals surface area contributed by atoms with E-state index in [0.717, 1.165) is 12.1 Å². The van der Waals surface area contributed by atoms with Gasteiger partial charge in [0.05, 0.1) is 23.2 Å². The predicted octanol–water partition coefficient (Wildman–Crippen LogP) is 4.08. The molecule has 0 spiro atoms. The summed E-state index contributed by atoms with van der Waals surface area (Å²) in [5, 5.41) is 0.357. The summed E-state index contributed by atoms with van der Waals surface area (Å²) in [5.41, 5.74) is 4.89. The van der Waals surface area contributed by atoms with Crippen LogP contribution in [0.5, 0.6) is 5.75 Å². The maximum absolute atomic E-state index is 15.3. The Balaban J connectivity index is 1.78. The first-order valence-electron chi connectivity index (χ1n) is 10.8. The van der Waals surface area contributed by atoms with Gasteiger partial charge in [0.25, 0.3) is 0 Å². The number of hydrogen-bond acceptors (Lipinski definition) is 6. The smallest absolute Gasteiger partial charge is 0.218 e. The molecule has 2 heterocycles. The third kappa shape index (κ3) is 4.41. The first-order chi connectivity index (χ1) is 16.2. The Bertz CT molecular complexity index is 1180. The minimum Gasteiger partial charge on any atom is -0.490 e. The van der Waals surface area contributed by atoms with Crippen molar-refractivity contribution in [3.8, 4) is 5.75 Å². The lowest BCUT2D eigenvalue weighted by Crippen LogP contribution is -2.57. The van der Waals surface area contributed by atoms with E-state index in [0.29, 0.717) is 22.9 Å². The van der Waals surface area contributed by atoms with Gasteiger partial charge in [0.1, 0.15) is 10.6 Å². The number of halogens is 3. The lowest BCUT2D eigenvalue weighted by atomic mass is 9.75. The number of amides is 1. The van der Waals surface area contributed by atoms with E-state index in [2.05, 4.69) is 0 Å². The van der Waals surface area contributed by atoms with Crippen molar-refractivity contribution in [2.45, 2.75) is 35.0 Å². The topological polar surface area (TPSA) is 95.7 Å². The van der Waals surface area contributed by atoms with Crippen LogP contribution in [-0.4, -0.2) is 45.1 Å². The van der Waals surface area contributed by atoms with Crippen molar-refractivity contribution in [2.75, 3.05) is 24.7 Å². The molecule has 34 heavy (non-hydrogen) atoms. The standard InChI is InChI=1S/C23H24ClF2NO5S2/c24-14-1-3-15(4-2-14)34(29,30)23-9-10-31-19(7-11-33-12-8-20(27)28)16(23)13-32-22-18(26)6-5-17(25)21(22)23/h1-6,16,19H,7-13H2,(H2,27,28)/t16-,19-,23-/m0/s1. The van der Waals surface area contributed by atoms with Gasteiger partial charge < -0.3 is 15.2 Å². The minimum absolute atomic E-state index is 0.0325. The van der Waals surface area contributed by atoms with E-state index in [4.69, 9.17) is 26.8 Å². The van der Waals surface area contributed by atoms with Crippen LogP contribution in [0.15, 0.2) is 41.3 Å². The van der Waals surface area contributed by atoms with Gasteiger partial charge in [0.2, 0.25) is 5.91 Å². The normalized spacial score (nSPS) is 24.1. The maximum atomic E-state index is 15.3. The lowest BCUT2D eigenvalue weighted by Gasteiger charge is -2.50. The van der Waals surface area contributed by atoms with Crippen LogP contribution < -0.4 is 10.5 Å². The SMILES string of the molecule is NC(=O)CCSCC[C@@H]1OCC[C@@]2(S(=O)(=O)c3ccc(Cl)cc3)c3c(F)ccc(F)c3OC[C@@H]12. The molecule has 184 valence electrons. The molecule has 0 bridgehead atoms. The Morgan fingerprint density at radius 2 is 1.85 bits per heavy atom. The number of carbonyl (C=O) groups excluding carboxylic acids is 1. The maximum Gasteiger partial charge on any atom is 0.218 e. The zero-order valence-corrected chi connectivity index (χ0v) is 20.5. The predicted molar refractivity (Wildman–Crippen MR) is 126 cm³/mol. The lowest BCUT2D eigenvalue weighted by molar-refractivity contribution is -0.117. The minimum atomic E-state index is -4.23. The molecule has 2 aliphatic rings. The Morgan fingerprint density at radius 1 is 1.15 bits per heavy atom. The van der Waals surface area contributed by atoms with Gasteiger partial charge in [0, 0.05) is 29.7 Å². The molecule has 11 heteroatoms. The van der Waals surface area contributed by atoms with Crippen molar-refractivity contribution < 1.29 is 31.5 Å². The summed E-state index contributed by atoms with van der Waals surface area (Å²) in [6.45, 7) is -0.0911. The van der Waals surface area contributed by atoms with Gasteiger partial charge in [-0.25, -0.2) is 17.2 Å². The average molecular weight is 532 g/mol. The highest BCUT2D eigenvalue weighted by atomic mass is 35.5. The molecule has 2 N–H and O–H groups in total. The van der Waals surface area contributed by atoms with Crippen molar-refractivity contribution in [1.29, 1.82) is 0 Å². The summed E-state index contributed by atoms with van der Waals surface area (Å²) in [7, 11) is -4.23. The zero-order valence-electron chi connectivity index (χ0n) is 18.1. The van der Waals surface area contributed by atoms with Crippen LogP contribution in [0.25, 0.3) is 0 Å². The Hall–Kier alpha value is -1.88. The number of rotatable bonds is 8. The summed E-state index contributed by atoms with van der Waals surface area (Å²) >= 11 is 7.45. The van der Waals surface area contributed by atoms with Gasteiger partial charge in [0.15, 0.2) is 21.4 Å². The van der Waals surface area contributed by atoms with Crippen LogP contribution in [0.3, 0.4) is 0 Å². The number of sulfone groups is 1. The van der Waals surface area contributed by atoms with E-state index in [9.17, 15) is 17.6 Å². The second kappa shape index (κ2) is 10.0. The fourth-order valence-corrected chi connectivity index (χ4v) is 8.23. The summed E-state index contributed by atoms with van der Waals surface area (Å²) in [6.07, 6.45) is 0.0506. The number of carbonyl (C=O) groups is 1. The van der Waals surface area contributed by atoms with Gasteiger partial charge in [-0.15, -0.1) is 0 Å². The van der Waals surface area contributed by atoms with Crippen molar-refractivity contribution in [3.63, 3.8) is 0 Å². The van der Waals surface area contributed by atoms with Crippen molar-refractivity contribution in [2.24, 2.45) is 11.7 Å². The van der Waals surface area contributed by atoms with E-state index in [1.807, 2.05) is 0 Å². The average Bonchev–Trinajstić information content (AvgIpc) is 2.80. The highest BCUT2D eigenvalue weighted by Crippen LogP contribution is 2.56. The highest BCUT2D eigenvalue weighted by molar-refractivity contribution is 7.99. The van der Waals surface area contributed by atoms with Crippen LogP contribution in [0.2, 0.25) is 5.02 Å². The number of thioether (sulfide) groups is 1. The first-order valence-corrected chi connectivity index (χ1v) is 13.8. The summed E-state index contributed by atoms with van der Waals surface area (Å²) in [5.74, 6) is -2.10. The fraction of sp³-hybridized carbons (Fsp3) is 0.435. The van der Waals surface area contributed by atoms with E-state index in [1.165, 1.54) is 36.0 Å². The molecule has 0 radical (unpaired) electrons. The molecular formula is C23H24ClF2NO5S2. The Kier molecular flexibility index (Phi) is 7.42. The molecule has 2 aliphatic heterocycles. The van der Waals surface area contributed by atoms with E-state index >= 15 is 4.39 Å². The summed E-state index contributed by atoms with van der Waals surface area (Å²) in [6, 6.07) is 7.52. The molecule has 4 rings (SSSR count). The molecule has 0 saturated carbocycles. The number of fused-ring (bicyclic) bond motifs is 3. The molecule has 2 aromatic rings. The van der Waals surface area contributed by atoms with Crippen molar-refractivity contribution in [1.82, 2.24) is 0 Å². The van der Waals surface area contributed by atoms with Crippen LogP contribution in [0.4, 0.5) is 8.78 Å². The van der Waals surface area contributed by atoms with E-state index in [-0.39, 0.29) is 42.3 Å². The second-order valence-electron chi connectivity index (χ2n) is 8.27. The molecule has 3 atom stereocenters. The number of primary amides is 1. The highest BCUT2D eigenvalue weighted by Gasteiger charge is 2.61. The molecule has 0 unspecified atom stereocenters. The Labute approximate surface area is 206 Å². The molecule has 6 nitrogen and oxygen atoms in total. The van der Waals surface area contributed by atoms with Gasteiger partial charge in [-0.1, -0.05) is 11.6 Å². The van der Waals surface area contributed by atoms with Gasteiger partial charge in [-0.05, 0) is 55.0 Å². The van der Waals surface area contributed by atoms with Gasteiger partial charge in [-0.3, -0.25) is 4.79 Å². The largest absolute Gasteiger partial charge is 0.490 e. The fourth-order valence-electron chi connectivity index (χ4n) is 4.81. The third-order valence-corrected chi connectivity index (χ3v) is 10.2. The number of hydrogen-bond donors (Lipinski definition) is 1. The molecule has 2 aromatic carbocycles. The van der Waals surface area contributed by atoms with Crippen LogP contribution in [0.1, 0.15) is 24.8 Å². The van der Waals surface area contributed by atoms with Crippen molar-refractivity contribution in [3.05, 3.63) is 58.6 Å². The van der Waals surface area contributed by atoms with E-state index in [1.54, 1.807) is 0 Å².